The molecule has 1 N–H and O–H groups in total. The molecule has 1 amide bonds. The van der Waals surface area contributed by atoms with Gasteiger partial charge in [0.1, 0.15) is 11.4 Å². The maximum absolute atomic E-state index is 13.4. The lowest BCUT2D eigenvalue weighted by molar-refractivity contribution is 0.0925. The van der Waals surface area contributed by atoms with Crippen molar-refractivity contribution < 1.29 is 13.6 Å². The zero-order valence-electron chi connectivity index (χ0n) is 10.6. The number of hydrogen-bond donors (Lipinski definition) is 1. The minimum atomic E-state index is -0.357. The topological polar surface area (TPSA) is 42.2 Å². The number of hydrogen-bond acceptors (Lipinski definition) is 2. The zero-order chi connectivity index (χ0) is 13.9. The second kappa shape index (κ2) is 5.17. The Balaban J connectivity index is 1.75. The molecule has 20 heavy (non-hydrogen) atoms. The minimum Gasteiger partial charge on any atom is -0.451 e. The molecule has 0 saturated carbocycles. The van der Waals surface area contributed by atoms with Crippen LogP contribution in [0, 0.1) is 5.82 Å². The molecule has 1 heterocycles. The van der Waals surface area contributed by atoms with Crippen LogP contribution in [0.3, 0.4) is 0 Å². The standard InChI is InChI=1S/C16H12FNO2/c17-13-7-3-1-6-12(13)10-18-16(19)15-9-11-5-2-4-8-14(11)20-15/h1-9H,10H2,(H,18,19). The van der Waals surface area contributed by atoms with Gasteiger partial charge in [-0.15, -0.1) is 0 Å². The summed E-state index contributed by atoms with van der Waals surface area (Å²) < 4.78 is 18.9. The SMILES string of the molecule is O=C(NCc1ccccc1F)c1cc2ccccc2o1. The Morgan fingerprint density at radius 2 is 1.85 bits per heavy atom. The molecule has 4 heteroatoms. The highest BCUT2D eigenvalue weighted by Gasteiger charge is 2.12. The molecule has 2 aromatic carbocycles. The predicted octanol–water partition coefficient (Wildman–Crippen LogP) is 3.50. The van der Waals surface area contributed by atoms with Crippen LogP contribution in [-0.2, 0) is 6.54 Å². The second-order valence-electron chi connectivity index (χ2n) is 4.42. The number of amides is 1. The van der Waals surface area contributed by atoms with Crippen molar-refractivity contribution in [2.45, 2.75) is 6.54 Å². The van der Waals surface area contributed by atoms with E-state index < -0.39 is 0 Å². The third kappa shape index (κ3) is 2.40. The molecule has 0 aliphatic rings. The van der Waals surface area contributed by atoms with Crippen molar-refractivity contribution in [1.29, 1.82) is 0 Å². The number of nitrogens with one attached hydrogen (secondary N) is 1. The van der Waals surface area contributed by atoms with Gasteiger partial charge in [0.2, 0.25) is 0 Å². The van der Waals surface area contributed by atoms with Gasteiger partial charge in [0.15, 0.2) is 5.76 Å². The number of benzene rings is 2. The van der Waals surface area contributed by atoms with E-state index in [9.17, 15) is 9.18 Å². The maximum atomic E-state index is 13.4. The maximum Gasteiger partial charge on any atom is 0.287 e. The first-order chi connectivity index (χ1) is 9.74. The van der Waals surface area contributed by atoms with Gasteiger partial charge in [0, 0.05) is 17.5 Å². The summed E-state index contributed by atoms with van der Waals surface area (Å²) in [7, 11) is 0. The van der Waals surface area contributed by atoms with Crippen LogP contribution in [0.15, 0.2) is 59.0 Å². The summed E-state index contributed by atoms with van der Waals surface area (Å²) in [4.78, 5) is 12.0. The molecule has 0 bridgehead atoms. The van der Waals surface area contributed by atoms with Gasteiger partial charge in [-0.05, 0) is 18.2 Å². The fraction of sp³-hybridized carbons (Fsp3) is 0.0625. The van der Waals surface area contributed by atoms with E-state index in [4.69, 9.17) is 4.42 Å². The molecule has 3 rings (SSSR count). The number of carbonyl (C=O) groups excluding carboxylic acids is 1. The first-order valence-corrected chi connectivity index (χ1v) is 6.24. The molecule has 0 aliphatic heterocycles. The van der Waals surface area contributed by atoms with E-state index in [2.05, 4.69) is 5.32 Å². The van der Waals surface area contributed by atoms with Gasteiger partial charge in [-0.3, -0.25) is 4.79 Å². The van der Waals surface area contributed by atoms with Gasteiger partial charge < -0.3 is 9.73 Å². The molecular formula is C16H12FNO2. The predicted molar refractivity (Wildman–Crippen MR) is 73.8 cm³/mol. The first kappa shape index (κ1) is 12.4. The number of halogens is 1. The van der Waals surface area contributed by atoms with Crippen LogP contribution in [0.2, 0.25) is 0 Å². The zero-order valence-corrected chi connectivity index (χ0v) is 10.6. The van der Waals surface area contributed by atoms with Crippen LogP contribution in [-0.4, -0.2) is 5.91 Å². The molecule has 0 spiro atoms. The number of fused-ring (bicyclic) bond motifs is 1. The third-order valence-corrected chi connectivity index (χ3v) is 3.05. The Bertz CT molecular complexity index is 731. The Hall–Kier alpha value is -2.62. The summed E-state index contributed by atoms with van der Waals surface area (Å²) >= 11 is 0. The Kier molecular flexibility index (Phi) is 3.21. The minimum absolute atomic E-state index is 0.128. The fourth-order valence-electron chi connectivity index (χ4n) is 2.00. The molecule has 0 atom stereocenters. The van der Waals surface area contributed by atoms with Crippen molar-refractivity contribution in [2.24, 2.45) is 0 Å². The van der Waals surface area contributed by atoms with Gasteiger partial charge >= 0.3 is 0 Å². The molecule has 0 saturated heterocycles. The lowest BCUT2D eigenvalue weighted by Crippen LogP contribution is -2.22. The molecular weight excluding hydrogens is 257 g/mol. The van der Waals surface area contributed by atoms with Crippen molar-refractivity contribution in [2.75, 3.05) is 0 Å². The highest BCUT2D eigenvalue weighted by atomic mass is 19.1. The first-order valence-electron chi connectivity index (χ1n) is 6.24. The van der Waals surface area contributed by atoms with Crippen LogP contribution < -0.4 is 5.32 Å². The highest BCUT2D eigenvalue weighted by Crippen LogP contribution is 2.18. The molecule has 100 valence electrons. The smallest absolute Gasteiger partial charge is 0.287 e. The van der Waals surface area contributed by atoms with Gasteiger partial charge in [-0.1, -0.05) is 36.4 Å². The fourth-order valence-corrected chi connectivity index (χ4v) is 2.00. The number of carbonyl (C=O) groups is 1. The average Bonchev–Trinajstić information content (AvgIpc) is 2.90. The molecule has 1 aromatic heterocycles. The monoisotopic (exact) mass is 269 g/mol. The van der Waals surface area contributed by atoms with Gasteiger partial charge in [0.25, 0.3) is 5.91 Å². The van der Waals surface area contributed by atoms with E-state index in [1.807, 2.05) is 18.2 Å². The van der Waals surface area contributed by atoms with Gasteiger partial charge in [-0.2, -0.15) is 0 Å². The lowest BCUT2D eigenvalue weighted by atomic mass is 10.2. The molecule has 3 aromatic rings. The largest absolute Gasteiger partial charge is 0.451 e. The average molecular weight is 269 g/mol. The van der Waals surface area contributed by atoms with Gasteiger partial charge in [0.05, 0.1) is 0 Å². The molecule has 3 nitrogen and oxygen atoms in total. The van der Waals surface area contributed by atoms with Crippen LogP contribution in [0.25, 0.3) is 11.0 Å². The third-order valence-electron chi connectivity index (χ3n) is 3.05. The summed E-state index contributed by atoms with van der Waals surface area (Å²) in [6.07, 6.45) is 0. The second-order valence-corrected chi connectivity index (χ2v) is 4.42. The normalized spacial score (nSPS) is 10.7. The number of rotatable bonds is 3. The molecule has 0 radical (unpaired) electrons. The van der Waals surface area contributed by atoms with Crippen molar-refractivity contribution in [1.82, 2.24) is 5.32 Å². The van der Waals surface area contributed by atoms with Crippen molar-refractivity contribution in [3.63, 3.8) is 0 Å². The van der Waals surface area contributed by atoms with E-state index in [1.54, 1.807) is 30.3 Å². The molecule has 0 fully saturated rings. The Morgan fingerprint density at radius 3 is 2.65 bits per heavy atom. The Morgan fingerprint density at radius 1 is 1.10 bits per heavy atom. The van der Waals surface area contributed by atoms with E-state index in [1.165, 1.54) is 6.07 Å². The van der Waals surface area contributed by atoms with Crippen molar-refractivity contribution in [3.8, 4) is 0 Å². The quantitative estimate of drug-likeness (QED) is 0.790. The summed E-state index contributed by atoms with van der Waals surface area (Å²) in [5, 5.41) is 3.51. The van der Waals surface area contributed by atoms with E-state index >= 15 is 0 Å². The van der Waals surface area contributed by atoms with E-state index in [-0.39, 0.29) is 24.0 Å². The summed E-state index contributed by atoms with van der Waals surface area (Å²) in [6, 6.07) is 15.4. The summed E-state index contributed by atoms with van der Waals surface area (Å²) in [6.45, 7) is 0.128. The summed E-state index contributed by atoms with van der Waals surface area (Å²) in [5.41, 5.74) is 1.10. The van der Waals surface area contributed by atoms with Crippen LogP contribution in [0.1, 0.15) is 16.1 Å². The lowest BCUT2D eigenvalue weighted by Gasteiger charge is -2.04. The van der Waals surface area contributed by atoms with Crippen molar-refractivity contribution in [3.05, 3.63) is 71.7 Å². The Labute approximate surface area is 115 Å². The van der Waals surface area contributed by atoms with Crippen LogP contribution in [0.4, 0.5) is 4.39 Å². The molecule has 0 aliphatic carbocycles. The number of para-hydroxylation sites is 1. The molecule has 0 unspecified atom stereocenters. The van der Waals surface area contributed by atoms with E-state index in [0.717, 1.165) is 5.39 Å². The number of furan rings is 1. The highest BCUT2D eigenvalue weighted by molar-refractivity contribution is 5.95. The van der Waals surface area contributed by atoms with Crippen LogP contribution in [0.5, 0.6) is 0 Å². The summed E-state index contributed by atoms with van der Waals surface area (Å²) in [5.74, 6) is -0.468. The van der Waals surface area contributed by atoms with Gasteiger partial charge in [-0.25, -0.2) is 4.39 Å². The van der Waals surface area contributed by atoms with Crippen LogP contribution >= 0.6 is 0 Å². The van der Waals surface area contributed by atoms with Crippen molar-refractivity contribution >= 4 is 16.9 Å². The van der Waals surface area contributed by atoms with E-state index in [0.29, 0.717) is 11.1 Å².